The Kier molecular flexibility index (Phi) is 17.2. The topological polar surface area (TPSA) is 484 Å². The van der Waals surface area contributed by atoms with Crippen LogP contribution in [0.15, 0.2) is 110 Å². The maximum Gasteiger partial charge on any atom is 0.296 e. The molecule has 7 N–H and O–H groups in total. The Bertz CT molecular complexity index is 4950. The number of aryl methyl sites for hydroxylation is 2. The molecule has 0 aliphatic carbocycles. The molecule has 0 bridgehead atoms. The summed E-state index contributed by atoms with van der Waals surface area (Å²) in [5.41, 5.74) is -0.935. The van der Waals surface area contributed by atoms with Crippen molar-refractivity contribution < 1.29 is 87.7 Å². The van der Waals surface area contributed by atoms with Gasteiger partial charge in [-0.25, -0.2) is 9.97 Å². The lowest BCUT2D eigenvalue weighted by Crippen LogP contribution is -2.08. The molecule has 3 aromatic heterocycles. The number of aromatic hydroxyl groups is 1. The zero-order valence-electron chi connectivity index (χ0n) is 42.0. The number of nitriles is 1. The van der Waals surface area contributed by atoms with Crippen LogP contribution in [0.2, 0.25) is 5.02 Å². The normalized spacial score (nSPS) is 13.3. The molecule has 0 fully saturated rings. The van der Waals surface area contributed by atoms with Crippen LogP contribution in [0.1, 0.15) is 35.1 Å². The number of rotatable bonds is 20. The van der Waals surface area contributed by atoms with Gasteiger partial charge in [-0.05, 0) is 99.0 Å². The van der Waals surface area contributed by atoms with E-state index in [0.717, 1.165) is 28.3 Å². The largest absolute Gasteiger partial charge is 0.493 e. The van der Waals surface area contributed by atoms with Gasteiger partial charge in [0.2, 0.25) is 11.0 Å². The molecule has 0 unspecified atom stereocenters. The van der Waals surface area contributed by atoms with Gasteiger partial charge in [0, 0.05) is 32.3 Å². The van der Waals surface area contributed by atoms with Gasteiger partial charge >= 0.3 is 0 Å². The molecule has 8 aromatic rings. The van der Waals surface area contributed by atoms with Gasteiger partial charge in [0.1, 0.15) is 43.3 Å². The summed E-state index contributed by atoms with van der Waals surface area (Å²) in [7, 11) is -29.5. The maximum atomic E-state index is 12.6. The van der Waals surface area contributed by atoms with Crippen molar-refractivity contribution in [3.8, 4) is 17.7 Å². The Labute approximate surface area is 482 Å². The van der Waals surface area contributed by atoms with Gasteiger partial charge in [0.15, 0.2) is 11.3 Å². The number of benzene rings is 5. The minimum absolute atomic E-state index is 0.0151. The predicted octanol–water partition coefficient (Wildman–Crippen LogP) is 9.67. The molecule has 0 radical (unpaired) electrons. The second kappa shape index (κ2) is 23.0. The Morgan fingerprint density at radius 1 is 0.651 bits per heavy atom. The van der Waals surface area contributed by atoms with Gasteiger partial charge < -0.3 is 9.84 Å². The second-order valence-corrected chi connectivity index (χ2v) is 28.9. The van der Waals surface area contributed by atoms with Crippen molar-refractivity contribution in [1.29, 1.82) is 5.26 Å². The fourth-order valence-corrected chi connectivity index (χ4v) is 14.1. The lowest BCUT2D eigenvalue weighted by molar-refractivity contribution is 0.317. The van der Waals surface area contributed by atoms with Crippen molar-refractivity contribution in [2.24, 2.45) is 30.7 Å². The van der Waals surface area contributed by atoms with Crippen LogP contribution in [0.3, 0.4) is 0 Å². The van der Waals surface area contributed by atoms with E-state index >= 15 is 0 Å². The number of ether oxygens (including phenoxy) is 1. The highest BCUT2D eigenvalue weighted by Crippen LogP contribution is 2.45. The number of nitrogens with zero attached hydrogens (tertiary/aromatic N) is 10. The van der Waals surface area contributed by atoms with Crippen LogP contribution in [0, 0.1) is 32.1 Å². The molecule has 0 saturated heterocycles. The smallest absolute Gasteiger partial charge is 0.296 e. The molecular weight excluding hydrogens is 1280 g/mol. The number of imidazole rings is 1. The Morgan fingerprint density at radius 3 is 1.86 bits per heavy atom. The molecule has 0 amide bonds. The van der Waals surface area contributed by atoms with Crippen molar-refractivity contribution in [2.45, 2.75) is 58.1 Å². The first-order chi connectivity index (χ1) is 38.4. The molecule has 3 heterocycles. The lowest BCUT2D eigenvalue weighted by atomic mass is 10.1. The van der Waals surface area contributed by atoms with Gasteiger partial charge in [0.25, 0.3) is 60.7 Å². The van der Waals surface area contributed by atoms with Crippen LogP contribution in [0.25, 0.3) is 37.7 Å². The molecule has 83 heavy (non-hydrogen) atoms. The van der Waals surface area contributed by atoms with Gasteiger partial charge in [-0.2, -0.15) is 60.9 Å². The van der Waals surface area contributed by atoms with Gasteiger partial charge in [0.05, 0.1) is 55.8 Å². The van der Waals surface area contributed by atoms with Crippen LogP contribution in [-0.4, -0.2) is 121 Å². The van der Waals surface area contributed by atoms with E-state index in [9.17, 15) is 88.2 Å². The molecule has 39 heteroatoms. The standard InChI is InChI=1S/C44H37ClN10O20S8/c1-20-10-30(51-53-38-22(3)27(19-46)42-47-32-12-23(45)13-37(83(72,73)74)40(32)55(42)43(38)56)33(75-6-4-8-78(57,58)59)17-28(20)49-52-31-11-21(2)29(18-34(31)76-7-5-9-79(60,61)62)50-54-44-48-39-36(82(69,70)71)16-25-26(41(39)77-44)14-24(80(63,64)65)15-35(25)81(66,67)68/h10-18,56H,4-9H2,1-3H3,(H,57,58,59)(H,60,61,62)(H,63,64,65)(H,66,67,68)(H,69,70,71)(H,72,73,74). The maximum absolute atomic E-state index is 12.6. The number of hydrogen-bond acceptors (Lipinski definition) is 25. The third kappa shape index (κ3) is 13.9. The summed E-state index contributed by atoms with van der Waals surface area (Å²) in [6.45, 7) is 4.15. The summed E-state index contributed by atoms with van der Waals surface area (Å²) in [4.78, 5) is 4.80. The lowest BCUT2D eigenvalue weighted by Gasteiger charge is -2.12. The molecule has 0 saturated carbocycles. The van der Waals surface area contributed by atoms with Gasteiger partial charge in [-0.1, -0.05) is 22.9 Å². The molecule has 8 rings (SSSR count). The van der Waals surface area contributed by atoms with E-state index in [4.69, 9.17) is 16.3 Å². The first-order valence-electron chi connectivity index (χ1n) is 22.7. The highest BCUT2D eigenvalue weighted by Gasteiger charge is 2.29. The van der Waals surface area contributed by atoms with Crippen LogP contribution in [0.5, 0.6) is 11.6 Å². The molecular formula is C44H37ClN10O20S8. The molecule has 30 nitrogen and oxygen atoms in total. The van der Waals surface area contributed by atoms with Gasteiger partial charge in [-0.3, -0.25) is 31.7 Å². The SMILES string of the molecule is Cc1cc(N=Nc2cc(OCCCS(=O)(=O)O)c(N=Nc3c(C)c(C#N)c4nc5cc(Cl)cc(S(=O)(=O)O)c5n4c3O)cc2C)c(SCCCS(=O)(=O)O)cc1N=Nc1nc2c(S(=O)(=O)O)cc3c(S(=O)(=O)O)cc(S(=O)(=O)O)cc3c2s1. The highest BCUT2D eigenvalue weighted by atomic mass is 35.5. The summed E-state index contributed by atoms with van der Waals surface area (Å²) < 4.78 is 211. The number of thioether (sulfide) groups is 1. The van der Waals surface area contributed by atoms with Crippen molar-refractivity contribution in [3.63, 3.8) is 0 Å². The number of fused-ring (bicyclic) bond motifs is 6. The number of pyridine rings is 1. The van der Waals surface area contributed by atoms with Crippen molar-refractivity contribution in [2.75, 3.05) is 23.9 Å². The van der Waals surface area contributed by atoms with E-state index < -0.39 is 109 Å². The third-order valence-electron chi connectivity index (χ3n) is 11.7. The van der Waals surface area contributed by atoms with Crippen LogP contribution < -0.4 is 4.74 Å². The molecule has 0 spiro atoms. The first-order valence-corrected chi connectivity index (χ1v) is 33.9. The minimum atomic E-state index is -5.32. The quantitative estimate of drug-likeness (QED) is 0.0161. The monoisotopic (exact) mass is 1320 g/mol. The van der Waals surface area contributed by atoms with Crippen molar-refractivity contribution >= 4 is 167 Å². The molecule has 0 aliphatic rings. The summed E-state index contributed by atoms with van der Waals surface area (Å²) in [6, 6.07) is 11.5. The number of aromatic nitrogens is 3. The highest BCUT2D eigenvalue weighted by molar-refractivity contribution is 7.99. The summed E-state index contributed by atoms with van der Waals surface area (Å²) in [5, 5.41) is 46.0. The van der Waals surface area contributed by atoms with E-state index in [1.165, 1.54) is 37.3 Å². The average Bonchev–Trinajstić information content (AvgIpc) is 1.90. The zero-order chi connectivity index (χ0) is 61.1. The van der Waals surface area contributed by atoms with E-state index in [1.807, 2.05) is 6.07 Å². The zero-order valence-corrected chi connectivity index (χ0v) is 49.3. The molecule has 5 aromatic carbocycles. The minimum Gasteiger partial charge on any atom is -0.493 e. The molecule has 0 aliphatic heterocycles. The van der Waals surface area contributed by atoms with E-state index in [2.05, 4.69) is 40.7 Å². The fourth-order valence-electron chi connectivity index (χ4n) is 8.00. The number of thiazole rings is 1. The Hall–Kier alpha value is -6.81. The van der Waals surface area contributed by atoms with Gasteiger partial charge in [-0.15, -0.1) is 37.3 Å². The summed E-state index contributed by atoms with van der Waals surface area (Å²) in [6.07, 6.45) is -0.316. The van der Waals surface area contributed by atoms with Crippen LogP contribution in [0.4, 0.5) is 33.6 Å². The first kappa shape index (κ1) is 62.2. The summed E-state index contributed by atoms with van der Waals surface area (Å²) >= 11 is 7.68. The molecule has 0 atom stereocenters. The third-order valence-corrected chi connectivity index (χ3v) is 19.1. The summed E-state index contributed by atoms with van der Waals surface area (Å²) in [5.74, 6) is -2.20. The van der Waals surface area contributed by atoms with Crippen molar-refractivity contribution in [3.05, 3.63) is 81.9 Å². The van der Waals surface area contributed by atoms with Crippen LogP contribution in [-0.2, 0) is 60.7 Å². The number of hydrogen-bond donors (Lipinski definition) is 7. The molecule has 438 valence electrons. The van der Waals surface area contributed by atoms with Crippen molar-refractivity contribution in [1.82, 2.24) is 14.4 Å². The van der Waals surface area contributed by atoms with Crippen LogP contribution >= 0.6 is 34.7 Å². The Morgan fingerprint density at radius 2 is 1.24 bits per heavy atom. The van der Waals surface area contributed by atoms with E-state index in [-0.39, 0.29) is 112 Å². The van der Waals surface area contributed by atoms with E-state index in [1.54, 1.807) is 13.8 Å². The fraction of sp³-hybridized carbons (Fsp3) is 0.205. The average molecular weight is 1320 g/mol. The number of halogens is 1. The predicted molar refractivity (Wildman–Crippen MR) is 298 cm³/mol. The van der Waals surface area contributed by atoms with E-state index in [0.29, 0.717) is 34.6 Å². The second-order valence-electron chi connectivity index (χ2n) is 17.6. The number of azo groups is 3. The Balaban J connectivity index is 1.21.